The van der Waals surface area contributed by atoms with Gasteiger partial charge in [0.15, 0.2) is 0 Å². The fourth-order valence-corrected chi connectivity index (χ4v) is 2.44. The molecule has 0 radical (unpaired) electrons. The van der Waals surface area contributed by atoms with Gasteiger partial charge < -0.3 is 15.0 Å². The van der Waals surface area contributed by atoms with E-state index in [9.17, 15) is 0 Å². The van der Waals surface area contributed by atoms with Gasteiger partial charge in [-0.15, -0.1) is 0 Å². The van der Waals surface area contributed by atoms with Crippen LogP contribution in [0.25, 0.3) is 0 Å². The molecular formula is C14H22N2O. The number of rotatable bonds is 3. The second-order valence-electron chi connectivity index (χ2n) is 4.84. The van der Waals surface area contributed by atoms with Crippen molar-refractivity contribution in [3.8, 4) is 0 Å². The Morgan fingerprint density at radius 1 is 1.29 bits per heavy atom. The third-order valence-electron chi connectivity index (χ3n) is 3.14. The molecule has 1 N–H and O–H groups in total. The predicted octanol–water partition coefficient (Wildman–Crippen LogP) is 1.73. The highest BCUT2D eigenvalue weighted by atomic mass is 16.5. The highest BCUT2D eigenvalue weighted by Crippen LogP contribution is 2.21. The van der Waals surface area contributed by atoms with E-state index in [1.165, 1.54) is 16.8 Å². The van der Waals surface area contributed by atoms with Crippen LogP contribution in [0.5, 0.6) is 0 Å². The van der Waals surface area contributed by atoms with Crippen LogP contribution in [-0.2, 0) is 4.74 Å². The van der Waals surface area contributed by atoms with Crippen molar-refractivity contribution >= 4 is 5.69 Å². The maximum atomic E-state index is 5.73. The van der Waals surface area contributed by atoms with Crippen LogP contribution in [-0.4, -0.2) is 39.4 Å². The van der Waals surface area contributed by atoms with Crippen molar-refractivity contribution < 1.29 is 4.74 Å². The monoisotopic (exact) mass is 234 g/mol. The zero-order chi connectivity index (χ0) is 12.3. The molecule has 1 unspecified atom stereocenters. The van der Waals surface area contributed by atoms with Gasteiger partial charge in [0, 0.05) is 25.3 Å². The first-order chi connectivity index (χ1) is 8.19. The van der Waals surface area contributed by atoms with Gasteiger partial charge in [-0.1, -0.05) is 6.07 Å². The van der Waals surface area contributed by atoms with Gasteiger partial charge in [0.1, 0.15) is 0 Å². The van der Waals surface area contributed by atoms with Crippen molar-refractivity contribution in [1.29, 1.82) is 0 Å². The molecule has 1 aromatic carbocycles. The minimum atomic E-state index is 0.301. The molecule has 94 valence electrons. The molecule has 1 aliphatic heterocycles. The molecule has 1 fully saturated rings. The standard InChI is InChI=1S/C14H22N2O/c1-11-6-12(2)8-13(7-11)16-4-5-17-14(10-16)9-15-3/h6-8,14-15H,4-5,9-10H2,1-3H3. The number of aryl methyl sites for hydroxylation is 2. The zero-order valence-electron chi connectivity index (χ0n) is 11.0. The van der Waals surface area contributed by atoms with Gasteiger partial charge in [0.2, 0.25) is 0 Å². The summed E-state index contributed by atoms with van der Waals surface area (Å²) >= 11 is 0. The second kappa shape index (κ2) is 5.52. The van der Waals surface area contributed by atoms with Gasteiger partial charge >= 0.3 is 0 Å². The summed E-state index contributed by atoms with van der Waals surface area (Å²) in [5.74, 6) is 0. The molecule has 1 aliphatic rings. The van der Waals surface area contributed by atoms with Crippen molar-refractivity contribution in [2.24, 2.45) is 0 Å². The number of hydrogen-bond acceptors (Lipinski definition) is 3. The molecule has 3 heteroatoms. The molecule has 0 saturated carbocycles. The number of hydrogen-bond donors (Lipinski definition) is 1. The molecule has 0 aliphatic carbocycles. The first-order valence-electron chi connectivity index (χ1n) is 6.28. The van der Waals surface area contributed by atoms with E-state index in [0.717, 1.165) is 26.2 Å². The Morgan fingerprint density at radius 2 is 2.00 bits per heavy atom. The molecule has 3 nitrogen and oxygen atoms in total. The Kier molecular flexibility index (Phi) is 4.02. The molecule has 1 aromatic rings. The molecule has 1 atom stereocenters. The Labute approximate surface area is 104 Å². The smallest absolute Gasteiger partial charge is 0.0874 e. The van der Waals surface area contributed by atoms with Gasteiger partial charge in [-0.05, 0) is 44.2 Å². The van der Waals surface area contributed by atoms with Crippen LogP contribution in [0.4, 0.5) is 5.69 Å². The highest BCUT2D eigenvalue weighted by Gasteiger charge is 2.20. The van der Waals surface area contributed by atoms with Crippen LogP contribution in [0, 0.1) is 13.8 Å². The first kappa shape index (κ1) is 12.4. The number of morpholine rings is 1. The largest absolute Gasteiger partial charge is 0.373 e. The molecule has 1 saturated heterocycles. The van der Waals surface area contributed by atoms with Crippen molar-refractivity contribution in [3.63, 3.8) is 0 Å². The van der Waals surface area contributed by atoms with E-state index in [1.54, 1.807) is 0 Å². The summed E-state index contributed by atoms with van der Waals surface area (Å²) in [4.78, 5) is 2.42. The maximum Gasteiger partial charge on any atom is 0.0874 e. The minimum Gasteiger partial charge on any atom is -0.373 e. The van der Waals surface area contributed by atoms with Crippen LogP contribution >= 0.6 is 0 Å². The highest BCUT2D eigenvalue weighted by molar-refractivity contribution is 5.51. The van der Waals surface area contributed by atoms with Gasteiger partial charge in [-0.3, -0.25) is 0 Å². The Bertz CT molecular complexity index is 356. The summed E-state index contributed by atoms with van der Waals surface area (Å²) in [6.45, 7) is 8.01. The molecule has 0 amide bonds. The van der Waals surface area contributed by atoms with E-state index in [0.29, 0.717) is 6.10 Å². The Hall–Kier alpha value is -1.06. The van der Waals surface area contributed by atoms with Crippen molar-refractivity contribution in [1.82, 2.24) is 5.32 Å². The fraction of sp³-hybridized carbons (Fsp3) is 0.571. The summed E-state index contributed by atoms with van der Waals surface area (Å²) < 4.78 is 5.73. The van der Waals surface area contributed by atoms with E-state index >= 15 is 0 Å². The normalized spacial score (nSPS) is 20.6. The second-order valence-corrected chi connectivity index (χ2v) is 4.84. The lowest BCUT2D eigenvalue weighted by atomic mass is 10.1. The average molecular weight is 234 g/mol. The molecule has 2 rings (SSSR count). The number of nitrogens with one attached hydrogen (secondary N) is 1. The molecule has 0 spiro atoms. The third kappa shape index (κ3) is 3.20. The van der Waals surface area contributed by atoms with E-state index in [4.69, 9.17) is 4.74 Å². The lowest BCUT2D eigenvalue weighted by Gasteiger charge is -2.34. The van der Waals surface area contributed by atoms with Gasteiger partial charge in [-0.25, -0.2) is 0 Å². The molecule has 0 aromatic heterocycles. The number of ether oxygens (including phenoxy) is 1. The predicted molar refractivity (Wildman–Crippen MR) is 71.8 cm³/mol. The summed E-state index contributed by atoms with van der Waals surface area (Å²) in [6, 6.07) is 6.73. The van der Waals surface area contributed by atoms with Crippen LogP contribution in [0.3, 0.4) is 0 Å². The van der Waals surface area contributed by atoms with Crippen LogP contribution in [0.2, 0.25) is 0 Å². The number of anilines is 1. The molecule has 0 bridgehead atoms. The van der Waals surface area contributed by atoms with Gasteiger partial charge in [0.05, 0.1) is 12.7 Å². The van der Waals surface area contributed by atoms with Crippen LogP contribution in [0.1, 0.15) is 11.1 Å². The average Bonchev–Trinajstić information content (AvgIpc) is 2.28. The molecule has 17 heavy (non-hydrogen) atoms. The topological polar surface area (TPSA) is 24.5 Å². The Balaban J connectivity index is 2.10. The van der Waals surface area contributed by atoms with Crippen molar-refractivity contribution in [3.05, 3.63) is 29.3 Å². The van der Waals surface area contributed by atoms with E-state index < -0.39 is 0 Å². The summed E-state index contributed by atoms with van der Waals surface area (Å²) in [6.07, 6.45) is 0.301. The number of likely N-dealkylation sites (N-methyl/N-ethyl adjacent to an activating group) is 1. The van der Waals surface area contributed by atoms with Gasteiger partial charge in [-0.2, -0.15) is 0 Å². The number of benzene rings is 1. The molecule has 1 heterocycles. The van der Waals surface area contributed by atoms with Gasteiger partial charge in [0.25, 0.3) is 0 Å². The third-order valence-corrected chi connectivity index (χ3v) is 3.14. The van der Waals surface area contributed by atoms with Crippen molar-refractivity contribution in [2.75, 3.05) is 38.2 Å². The quantitative estimate of drug-likeness (QED) is 0.862. The first-order valence-corrected chi connectivity index (χ1v) is 6.28. The molecular weight excluding hydrogens is 212 g/mol. The zero-order valence-corrected chi connectivity index (χ0v) is 11.0. The van der Waals surface area contributed by atoms with E-state index in [-0.39, 0.29) is 0 Å². The van der Waals surface area contributed by atoms with Crippen molar-refractivity contribution in [2.45, 2.75) is 20.0 Å². The summed E-state index contributed by atoms with van der Waals surface area (Å²) in [5, 5.41) is 3.18. The van der Waals surface area contributed by atoms with Crippen LogP contribution in [0.15, 0.2) is 18.2 Å². The maximum absolute atomic E-state index is 5.73. The van der Waals surface area contributed by atoms with E-state index in [1.807, 2.05) is 7.05 Å². The summed E-state index contributed by atoms with van der Waals surface area (Å²) in [7, 11) is 1.97. The fourth-order valence-electron chi connectivity index (χ4n) is 2.44. The van der Waals surface area contributed by atoms with Crippen LogP contribution < -0.4 is 10.2 Å². The number of nitrogens with zero attached hydrogens (tertiary/aromatic N) is 1. The summed E-state index contributed by atoms with van der Waals surface area (Å²) in [5.41, 5.74) is 3.99. The minimum absolute atomic E-state index is 0.301. The Morgan fingerprint density at radius 3 is 2.65 bits per heavy atom. The lowest BCUT2D eigenvalue weighted by molar-refractivity contribution is 0.0421. The lowest BCUT2D eigenvalue weighted by Crippen LogP contribution is -2.46. The van der Waals surface area contributed by atoms with E-state index in [2.05, 4.69) is 42.3 Å². The SMILES string of the molecule is CNCC1CN(c2cc(C)cc(C)c2)CCO1.